The van der Waals surface area contributed by atoms with Crippen LogP contribution in [0.4, 0.5) is 5.69 Å². The Hall–Kier alpha value is -2.29. The normalized spacial score (nSPS) is 10.2. The number of aryl methyl sites for hydroxylation is 2. The van der Waals surface area contributed by atoms with Crippen LogP contribution in [-0.2, 0) is 7.05 Å². The lowest BCUT2D eigenvalue weighted by Crippen LogP contribution is -2.06. The molecule has 2 heterocycles. The largest absolute Gasteiger partial charge is 0.394 e. The maximum atomic E-state index is 8.85. The summed E-state index contributed by atoms with van der Waals surface area (Å²) in [6.07, 6.45) is 3.24. The zero-order chi connectivity index (χ0) is 11.0. The highest BCUT2D eigenvalue weighted by Crippen LogP contribution is 2.20. The van der Waals surface area contributed by atoms with Crippen molar-refractivity contribution in [2.45, 2.75) is 6.92 Å². The molecular formula is C9H10N6. The van der Waals surface area contributed by atoms with Gasteiger partial charge in [-0.2, -0.15) is 10.4 Å². The Morgan fingerprint density at radius 3 is 2.80 bits per heavy atom. The zero-order valence-electron chi connectivity index (χ0n) is 8.47. The average Bonchev–Trinajstić information content (AvgIpc) is 2.73. The Morgan fingerprint density at radius 2 is 2.27 bits per heavy atom. The standard InChI is InChI=1S/C9H10N6/c1-6-8(11)9(14(2)13-6)15-4-3-12-7(15)5-10/h3-4H,11H2,1-2H3. The highest BCUT2D eigenvalue weighted by molar-refractivity contribution is 5.58. The molecule has 0 bridgehead atoms. The molecule has 0 fully saturated rings. The molecular weight excluding hydrogens is 192 g/mol. The molecule has 2 aromatic heterocycles. The van der Waals surface area contributed by atoms with Crippen molar-refractivity contribution < 1.29 is 0 Å². The fourth-order valence-electron chi connectivity index (χ4n) is 1.51. The second-order valence-corrected chi connectivity index (χ2v) is 3.18. The Balaban J connectivity index is 2.70. The number of nitrogens with zero attached hydrogens (tertiary/aromatic N) is 5. The van der Waals surface area contributed by atoms with Gasteiger partial charge in [0.1, 0.15) is 6.07 Å². The molecule has 2 rings (SSSR count). The van der Waals surface area contributed by atoms with E-state index >= 15 is 0 Å². The number of anilines is 1. The molecule has 0 saturated heterocycles. The van der Waals surface area contributed by atoms with E-state index in [2.05, 4.69) is 10.1 Å². The van der Waals surface area contributed by atoms with E-state index in [9.17, 15) is 0 Å². The van der Waals surface area contributed by atoms with Crippen LogP contribution in [0.3, 0.4) is 0 Å². The number of nitrogens with two attached hydrogens (primary N) is 1. The van der Waals surface area contributed by atoms with Crippen molar-refractivity contribution in [3.63, 3.8) is 0 Å². The minimum absolute atomic E-state index is 0.296. The van der Waals surface area contributed by atoms with E-state index in [4.69, 9.17) is 11.0 Å². The van der Waals surface area contributed by atoms with Gasteiger partial charge in [0.15, 0.2) is 5.82 Å². The summed E-state index contributed by atoms with van der Waals surface area (Å²) in [4.78, 5) is 3.91. The van der Waals surface area contributed by atoms with Gasteiger partial charge in [-0.15, -0.1) is 0 Å². The average molecular weight is 202 g/mol. The lowest BCUT2D eigenvalue weighted by molar-refractivity contribution is 0.720. The number of aromatic nitrogens is 4. The minimum Gasteiger partial charge on any atom is -0.394 e. The van der Waals surface area contributed by atoms with Gasteiger partial charge in [-0.05, 0) is 6.92 Å². The van der Waals surface area contributed by atoms with Gasteiger partial charge in [0.05, 0.1) is 11.4 Å². The van der Waals surface area contributed by atoms with Gasteiger partial charge in [0.2, 0.25) is 5.82 Å². The number of nitrogen functional groups attached to an aromatic ring is 1. The third-order valence-electron chi connectivity index (χ3n) is 2.21. The number of hydrogen-bond acceptors (Lipinski definition) is 4. The van der Waals surface area contributed by atoms with Gasteiger partial charge in [-0.3, -0.25) is 4.57 Å². The summed E-state index contributed by atoms with van der Waals surface area (Å²) < 4.78 is 3.25. The molecule has 0 aromatic carbocycles. The molecule has 2 N–H and O–H groups in total. The van der Waals surface area contributed by atoms with Gasteiger partial charge < -0.3 is 5.73 Å². The molecule has 0 spiro atoms. The van der Waals surface area contributed by atoms with Gasteiger partial charge in [0, 0.05) is 19.4 Å². The van der Waals surface area contributed by atoms with Crippen molar-refractivity contribution in [3.8, 4) is 11.9 Å². The van der Waals surface area contributed by atoms with E-state index in [0.29, 0.717) is 17.3 Å². The SMILES string of the molecule is Cc1nn(C)c(-n2ccnc2C#N)c1N. The van der Waals surface area contributed by atoms with Crippen molar-refractivity contribution >= 4 is 5.69 Å². The topological polar surface area (TPSA) is 85.5 Å². The molecule has 0 aliphatic rings. The first kappa shape index (κ1) is 9.27. The number of nitriles is 1. The molecule has 0 aliphatic heterocycles. The van der Waals surface area contributed by atoms with E-state index in [-0.39, 0.29) is 0 Å². The summed E-state index contributed by atoms with van der Waals surface area (Å²) in [5.41, 5.74) is 7.18. The molecule has 6 heteroatoms. The third-order valence-corrected chi connectivity index (χ3v) is 2.21. The maximum Gasteiger partial charge on any atom is 0.218 e. The summed E-state index contributed by atoms with van der Waals surface area (Å²) in [5.74, 6) is 0.964. The minimum atomic E-state index is 0.296. The van der Waals surface area contributed by atoms with Crippen molar-refractivity contribution in [1.82, 2.24) is 19.3 Å². The molecule has 6 nitrogen and oxygen atoms in total. The molecule has 15 heavy (non-hydrogen) atoms. The second kappa shape index (κ2) is 3.13. The summed E-state index contributed by atoms with van der Waals surface area (Å²) >= 11 is 0. The summed E-state index contributed by atoms with van der Waals surface area (Å²) in [6, 6.07) is 1.99. The van der Waals surface area contributed by atoms with Crippen LogP contribution in [-0.4, -0.2) is 19.3 Å². The predicted molar refractivity (Wildman–Crippen MR) is 54.2 cm³/mol. The van der Waals surface area contributed by atoms with Gasteiger partial charge >= 0.3 is 0 Å². The van der Waals surface area contributed by atoms with Crippen LogP contribution in [0.5, 0.6) is 0 Å². The predicted octanol–water partition coefficient (Wildman–Crippen LogP) is 0.368. The van der Waals surface area contributed by atoms with E-state index in [1.807, 2.05) is 13.0 Å². The Morgan fingerprint density at radius 1 is 1.53 bits per heavy atom. The van der Waals surface area contributed by atoms with Gasteiger partial charge in [-0.1, -0.05) is 0 Å². The molecule has 0 saturated carbocycles. The molecule has 0 unspecified atom stereocenters. The summed E-state index contributed by atoms with van der Waals surface area (Å²) in [7, 11) is 1.78. The fourth-order valence-corrected chi connectivity index (χ4v) is 1.51. The molecule has 0 radical (unpaired) electrons. The first-order valence-corrected chi connectivity index (χ1v) is 4.38. The number of imidazole rings is 1. The molecule has 0 atom stereocenters. The smallest absolute Gasteiger partial charge is 0.218 e. The third kappa shape index (κ3) is 1.25. The number of hydrogen-bond donors (Lipinski definition) is 1. The van der Waals surface area contributed by atoms with Crippen LogP contribution < -0.4 is 5.73 Å². The molecule has 2 aromatic rings. The van der Waals surface area contributed by atoms with Crippen LogP contribution in [0.2, 0.25) is 0 Å². The first-order valence-electron chi connectivity index (χ1n) is 4.38. The monoisotopic (exact) mass is 202 g/mol. The lowest BCUT2D eigenvalue weighted by Gasteiger charge is -2.04. The summed E-state index contributed by atoms with van der Waals surface area (Å²) in [5, 5.41) is 13.0. The molecule has 0 aliphatic carbocycles. The molecule has 0 amide bonds. The highest BCUT2D eigenvalue weighted by Gasteiger charge is 2.14. The fraction of sp³-hybridized carbons (Fsp3) is 0.222. The Labute approximate surface area is 86.6 Å². The van der Waals surface area contributed by atoms with Crippen LogP contribution in [0, 0.1) is 18.3 Å². The van der Waals surface area contributed by atoms with Crippen LogP contribution in [0.1, 0.15) is 11.5 Å². The summed E-state index contributed by atoms with van der Waals surface area (Å²) in [6.45, 7) is 1.82. The van der Waals surface area contributed by atoms with Crippen LogP contribution in [0.25, 0.3) is 5.82 Å². The van der Waals surface area contributed by atoms with Crippen molar-refractivity contribution in [3.05, 3.63) is 23.9 Å². The molecule has 76 valence electrons. The van der Waals surface area contributed by atoms with Crippen molar-refractivity contribution in [1.29, 1.82) is 5.26 Å². The Bertz CT molecular complexity index is 541. The Kier molecular flexibility index (Phi) is 1.94. The first-order chi connectivity index (χ1) is 7.15. The van der Waals surface area contributed by atoms with E-state index in [1.165, 1.54) is 0 Å². The number of rotatable bonds is 1. The van der Waals surface area contributed by atoms with Gasteiger partial charge in [-0.25, -0.2) is 9.67 Å². The zero-order valence-corrected chi connectivity index (χ0v) is 8.47. The maximum absolute atomic E-state index is 8.85. The van der Waals surface area contributed by atoms with Gasteiger partial charge in [0.25, 0.3) is 0 Å². The van der Waals surface area contributed by atoms with E-state index in [0.717, 1.165) is 5.69 Å². The lowest BCUT2D eigenvalue weighted by atomic mass is 10.4. The van der Waals surface area contributed by atoms with Crippen LogP contribution >= 0.6 is 0 Å². The highest BCUT2D eigenvalue weighted by atomic mass is 15.3. The second-order valence-electron chi connectivity index (χ2n) is 3.18. The van der Waals surface area contributed by atoms with E-state index < -0.39 is 0 Å². The van der Waals surface area contributed by atoms with Crippen molar-refractivity contribution in [2.75, 3.05) is 5.73 Å². The van der Waals surface area contributed by atoms with Crippen LogP contribution in [0.15, 0.2) is 12.4 Å². The quantitative estimate of drug-likeness (QED) is 0.723. The van der Waals surface area contributed by atoms with E-state index in [1.54, 1.807) is 28.7 Å². The van der Waals surface area contributed by atoms with Crippen molar-refractivity contribution in [2.24, 2.45) is 7.05 Å².